The number of nitrogens with zero attached hydrogens (tertiary/aromatic N) is 4. The molecular formula is C23H24N6S. The van der Waals surface area contributed by atoms with Gasteiger partial charge in [-0.3, -0.25) is 4.90 Å². The van der Waals surface area contributed by atoms with Gasteiger partial charge in [0.25, 0.3) is 0 Å². The Labute approximate surface area is 180 Å². The first kappa shape index (κ1) is 19.1. The number of hydrogen-bond acceptors (Lipinski definition) is 5. The molecular weight excluding hydrogens is 392 g/mol. The summed E-state index contributed by atoms with van der Waals surface area (Å²) < 4.78 is 2.42. The minimum absolute atomic E-state index is 0.758. The lowest BCUT2D eigenvalue weighted by atomic mass is 10.1. The summed E-state index contributed by atoms with van der Waals surface area (Å²) in [5.41, 5.74) is 5.26. The van der Waals surface area contributed by atoms with Crippen LogP contribution in [-0.4, -0.2) is 29.1 Å². The van der Waals surface area contributed by atoms with E-state index in [9.17, 15) is 0 Å². The van der Waals surface area contributed by atoms with Gasteiger partial charge in [0.1, 0.15) is 5.82 Å². The van der Waals surface area contributed by atoms with E-state index in [1.807, 2.05) is 24.3 Å². The van der Waals surface area contributed by atoms with E-state index < -0.39 is 0 Å². The topological polar surface area (TPSA) is 63.8 Å². The summed E-state index contributed by atoms with van der Waals surface area (Å²) in [6.45, 7) is 4.41. The van der Waals surface area contributed by atoms with Crippen LogP contribution in [0.25, 0.3) is 0 Å². The summed E-state index contributed by atoms with van der Waals surface area (Å²) in [7, 11) is 0. The molecule has 7 heteroatoms. The lowest BCUT2D eigenvalue weighted by Crippen LogP contribution is -2.23. The maximum Gasteiger partial charge on any atom is 0.120 e. The van der Waals surface area contributed by atoms with Gasteiger partial charge in [-0.15, -0.1) is 0 Å². The van der Waals surface area contributed by atoms with E-state index in [-0.39, 0.29) is 0 Å². The van der Waals surface area contributed by atoms with Crippen molar-refractivity contribution < 1.29 is 0 Å². The van der Waals surface area contributed by atoms with Gasteiger partial charge >= 0.3 is 0 Å². The Morgan fingerprint density at radius 3 is 2.40 bits per heavy atom. The Morgan fingerprint density at radius 1 is 0.933 bits per heavy atom. The predicted octanol–water partition coefficient (Wildman–Crippen LogP) is 4.36. The highest BCUT2D eigenvalue weighted by atomic mass is 32.2. The third kappa shape index (κ3) is 4.64. The fourth-order valence-electron chi connectivity index (χ4n) is 3.81. The molecule has 0 radical (unpaired) electrons. The first-order chi connectivity index (χ1) is 14.8. The highest BCUT2D eigenvalue weighted by Crippen LogP contribution is 2.32. The lowest BCUT2D eigenvalue weighted by Gasteiger charge is -2.21. The van der Waals surface area contributed by atoms with E-state index >= 15 is 0 Å². The molecule has 0 aliphatic carbocycles. The van der Waals surface area contributed by atoms with Crippen molar-refractivity contribution in [1.82, 2.24) is 29.1 Å². The molecule has 1 aliphatic heterocycles. The largest absolute Gasteiger partial charge is 0.348 e. The van der Waals surface area contributed by atoms with Crippen LogP contribution in [-0.2, 0) is 32.7 Å². The van der Waals surface area contributed by atoms with Gasteiger partial charge in [-0.1, -0.05) is 36.4 Å². The Balaban J connectivity index is 1.22. The number of nitrogens with one attached hydrogen (secondary N) is 2. The maximum atomic E-state index is 4.38. The van der Waals surface area contributed by atoms with Crippen LogP contribution >= 0.6 is 11.9 Å². The zero-order chi connectivity index (χ0) is 20.2. The van der Waals surface area contributed by atoms with Crippen molar-refractivity contribution in [1.29, 1.82) is 0 Å². The first-order valence-electron chi connectivity index (χ1n) is 10.1. The average Bonchev–Trinajstić information content (AvgIpc) is 3.51. The number of aromatic amines is 2. The smallest absolute Gasteiger partial charge is 0.120 e. The molecule has 30 heavy (non-hydrogen) atoms. The molecule has 2 aromatic carbocycles. The Morgan fingerprint density at radius 2 is 1.73 bits per heavy atom. The maximum absolute atomic E-state index is 4.38. The van der Waals surface area contributed by atoms with Gasteiger partial charge in [0.2, 0.25) is 0 Å². The number of H-pyrrole nitrogens is 2. The molecule has 2 aromatic heterocycles. The van der Waals surface area contributed by atoms with Gasteiger partial charge in [-0.2, -0.15) is 0 Å². The summed E-state index contributed by atoms with van der Waals surface area (Å²) in [6, 6.07) is 17.6. The van der Waals surface area contributed by atoms with Gasteiger partial charge in [0.05, 0.1) is 12.9 Å². The van der Waals surface area contributed by atoms with Crippen LogP contribution in [0.5, 0.6) is 0 Å². The fourth-order valence-corrected chi connectivity index (χ4v) is 4.77. The molecule has 0 bridgehead atoms. The second-order valence-corrected chi connectivity index (χ2v) is 8.73. The van der Waals surface area contributed by atoms with Crippen LogP contribution in [0.3, 0.4) is 0 Å². The number of benzene rings is 2. The van der Waals surface area contributed by atoms with Crippen LogP contribution in [0.1, 0.15) is 28.2 Å². The van der Waals surface area contributed by atoms with Gasteiger partial charge in [-0.25, -0.2) is 14.3 Å². The second-order valence-electron chi connectivity index (χ2n) is 7.56. The monoisotopic (exact) mass is 416 g/mol. The van der Waals surface area contributed by atoms with E-state index in [1.54, 1.807) is 12.5 Å². The van der Waals surface area contributed by atoms with Crippen molar-refractivity contribution in [2.24, 2.45) is 0 Å². The zero-order valence-electron chi connectivity index (χ0n) is 16.7. The number of aromatic nitrogens is 4. The molecule has 0 amide bonds. The summed E-state index contributed by atoms with van der Waals surface area (Å²) in [5, 5.41) is 0. The molecule has 5 rings (SSSR count). The molecule has 0 saturated heterocycles. The van der Waals surface area contributed by atoms with Crippen molar-refractivity contribution in [3.8, 4) is 0 Å². The van der Waals surface area contributed by atoms with Crippen molar-refractivity contribution in [2.45, 2.75) is 37.6 Å². The first-order valence-corrected chi connectivity index (χ1v) is 10.9. The Kier molecular flexibility index (Phi) is 5.65. The molecule has 0 atom stereocenters. The third-order valence-corrected chi connectivity index (χ3v) is 6.25. The van der Waals surface area contributed by atoms with Crippen LogP contribution in [0.15, 0.2) is 78.3 Å². The second kappa shape index (κ2) is 8.87. The summed E-state index contributed by atoms with van der Waals surface area (Å²) in [4.78, 5) is 18.6. The number of hydrogen-bond donors (Lipinski definition) is 2. The van der Waals surface area contributed by atoms with Gasteiger partial charge in [0.15, 0.2) is 0 Å². The zero-order valence-corrected chi connectivity index (χ0v) is 17.5. The molecule has 3 heterocycles. The summed E-state index contributed by atoms with van der Waals surface area (Å²) in [6.07, 6.45) is 7.27. The molecule has 0 saturated carbocycles. The molecule has 152 valence electrons. The van der Waals surface area contributed by atoms with Crippen LogP contribution in [0, 0.1) is 0 Å². The minimum Gasteiger partial charge on any atom is -0.348 e. The van der Waals surface area contributed by atoms with E-state index in [4.69, 9.17) is 0 Å². The van der Waals surface area contributed by atoms with E-state index in [2.05, 4.69) is 77.7 Å². The van der Waals surface area contributed by atoms with Crippen molar-refractivity contribution >= 4 is 11.9 Å². The molecule has 1 aliphatic rings. The number of fused-ring (bicyclic) bond motifs is 1. The van der Waals surface area contributed by atoms with Crippen LogP contribution in [0.4, 0.5) is 0 Å². The van der Waals surface area contributed by atoms with Gasteiger partial charge in [0, 0.05) is 55.4 Å². The number of imidazole rings is 2. The normalized spacial score (nSPS) is 13.8. The van der Waals surface area contributed by atoms with Crippen LogP contribution in [0.2, 0.25) is 0 Å². The van der Waals surface area contributed by atoms with Crippen molar-refractivity contribution in [3.05, 3.63) is 102 Å². The van der Waals surface area contributed by atoms with E-state index in [0.29, 0.717) is 0 Å². The molecule has 0 fully saturated rings. The lowest BCUT2D eigenvalue weighted by molar-refractivity contribution is 0.239. The van der Waals surface area contributed by atoms with E-state index in [1.165, 1.54) is 21.6 Å². The molecule has 0 unspecified atom stereocenters. The van der Waals surface area contributed by atoms with Gasteiger partial charge in [-0.05, 0) is 40.8 Å². The third-order valence-electron chi connectivity index (χ3n) is 5.25. The Bertz CT molecular complexity index is 998. The highest BCUT2D eigenvalue weighted by Gasteiger charge is 2.19. The molecule has 6 nitrogen and oxygen atoms in total. The van der Waals surface area contributed by atoms with Crippen molar-refractivity contribution in [2.75, 3.05) is 0 Å². The molecule has 4 aromatic rings. The number of rotatable bonds is 8. The van der Waals surface area contributed by atoms with Crippen LogP contribution < -0.4 is 0 Å². The Hall–Kier alpha value is -2.87. The average molecular weight is 417 g/mol. The molecule has 0 spiro atoms. The van der Waals surface area contributed by atoms with Crippen molar-refractivity contribution in [3.63, 3.8) is 0 Å². The summed E-state index contributed by atoms with van der Waals surface area (Å²) >= 11 is 1.83. The summed E-state index contributed by atoms with van der Waals surface area (Å²) in [5.74, 6) is 0.968. The van der Waals surface area contributed by atoms with Gasteiger partial charge < -0.3 is 9.97 Å². The molecule has 2 N–H and O–H groups in total. The standard InChI is InChI=1S/C23H24N6S/c1-2-4-20-14-29(13-19(20)3-1)30-22-7-5-18(6-8-22)12-28(15-21-11-24-17-27-21)16-23-25-9-10-26-23/h1-11,17H,12-16H2,(H,24,27)(H,25,26). The minimum atomic E-state index is 0.758. The SMILES string of the molecule is c1ccc2c(c1)CN(Sc1ccc(CN(Cc3cnc[nH]3)Cc3ncc[nH]3)cc1)C2. The quantitative estimate of drug-likeness (QED) is 0.418. The fraction of sp³-hybridized carbons (Fsp3) is 0.217. The predicted molar refractivity (Wildman–Crippen MR) is 118 cm³/mol. The van der Waals surface area contributed by atoms with E-state index in [0.717, 1.165) is 44.2 Å². The highest BCUT2D eigenvalue weighted by molar-refractivity contribution is 7.97.